The van der Waals surface area contributed by atoms with Crippen molar-refractivity contribution in [1.29, 1.82) is 0 Å². The lowest BCUT2D eigenvalue weighted by Crippen LogP contribution is -2.30. The van der Waals surface area contributed by atoms with E-state index in [1.54, 1.807) is 0 Å². The van der Waals surface area contributed by atoms with Gasteiger partial charge in [-0.15, -0.1) is 0 Å². The Morgan fingerprint density at radius 3 is 1.41 bits per heavy atom. The van der Waals surface area contributed by atoms with Crippen molar-refractivity contribution in [2.75, 3.05) is 0 Å². The molecule has 0 aromatic heterocycles. The molecule has 0 bridgehead atoms. The second-order valence-electron chi connectivity index (χ2n) is 5.30. The molecule has 0 aliphatic rings. The summed E-state index contributed by atoms with van der Waals surface area (Å²) in [4.78, 5) is 46.6. The summed E-state index contributed by atoms with van der Waals surface area (Å²) >= 11 is -3.75. The number of esters is 2. The van der Waals surface area contributed by atoms with Gasteiger partial charge in [0.2, 0.25) is 0 Å². The number of carbonyl (C=O) groups excluding carboxylic acids is 4. The molecule has 0 fully saturated rings. The molecule has 0 atom stereocenters. The fourth-order valence-corrected chi connectivity index (χ4v) is 2.76. The Kier molecular flexibility index (Phi) is 9.56. The molecule has 0 saturated carbocycles. The van der Waals surface area contributed by atoms with Crippen LogP contribution in [0.4, 0.5) is 0 Å². The van der Waals surface area contributed by atoms with E-state index in [-0.39, 0.29) is 40.0 Å². The van der Waals surface area contributed by atoms with Gasteiger partial charge in [0.25, 0.3) is 0 Å². The molecule has 0 aliphatic carbocycles. The summed E-state index contributed by atoms with van der Waals surface area (Å²) < 4.78 is 29.2. The third-order valence-electron chi connectivity index (χ3n) is 3.14. The van der Waals surface area contributed by atoms with E-state index in [9.17, 15) is 23.3 Å². The van der Waals surface area contributed by atoms with Crippen molar-refractivity contribution in [3.05, 3.63) is 59.7 Å². The van der Waals surface area contributed by atoms with Crippen molar-refractivity contribution in [2.45, 2.75) is 13.8 Å². The Morgan fingerprint density at radius 1 is 0.724 bits per heavy atom. The molecular weight excluding hydrogens is 414 g/mol. The van der Waals surface area contributed by atoms with Crippen molar-refractivity contribution in [2.24, 2.45) is 0 Å². The molecule has 150 valence electrons. The van der Waals surface area contributed by atoms with Gasteiger partial charge >= 0.3 is 39.0 Å². The third-order valence-corrected chi connectivity index (χ3v) is 3.97. The van der Waals surface area contributed by atoms with Crippen LogP contribution in [0, 0.1) is 0 Å². The zero-order valence-electron chi connectivity index (χ0n) is 14.9. The van der Waals surface area contributed by atoms with E-state index in [1.165, 1.54) is 48.5 Å². The van der Waals surface area contributed by atoms with E-state index < -0.39 is 39.0 Å². The summed E-state index contributed by atoms with van der Waals surface area (Å²) in [5.41, 5.74) is -0.249. The standard InChI is InChI=1S/2C9H8O4.2Al.H2O.3H/c2*1-6(10)13-8-5-3-2-4-7(8)9(11)12;;;;;;/h2*2-5H,1H3,(H,11,12);;;1H2;;;/q;;;+3;;;;/p-3. The van der Waals surface area contributed by atoms with Gasteiger partial charge in [0.1, 0.15) is 11.5 Å². The number of rotatable bonds is 6. The van der Waals surface area contributed by atoms with E-state index in [4.69, 9.17) is 17.1 Å². The predicted octanol–water partition coefficient (Wildman–Crippen LogP) is 0.344. The first kappa shape index (κ1) is 24.4. The summed E-state index contributed by atoms with van der Waals surface area (Å²) in [7, 11) is 0. The maximum atomic E-state index is 12.2. The predicted molar refractivity (Wildman–Crippen MR) is 104 cm³/mol. The molecule has 9 nitrogen and oxygen atoms in total. The van der Waals surface area contributed by atoms with Crippen molar-refractivity contribution >= 4 is 56.4 Å². The van der Waals surface area contributed by atoms with Crippen LogP contribution in [0.3, 0.4) is 0 Å². The monoisotopic (exact) mass is 432 g/mol. The normalized spacial score (nSPS) is 9.48. The minimum absolute atomic E-state index is 0. The van der Waals surface area contributed by atoms with E-state index >= 15 is 0 Å². The van der Waals surface area contributed by atoms with Crippen molar-refractivity contribution < 1.29 is 40.4 Å². The average molecular weight is 432 g/mol. The summed E-state index contributed by atoms with van der Waals surface area (Å²) in [6.45, 7) is 2.32. The second kappa shape index (κ2) is 11.4. The van der Waals surface area contributed by atoms with Crippen LogP contribution in [0.5, 0.6) is 11.5 Å². The Hall–Kier alpha value is -2.66. The smallest absolute Gasteiger partial charge is 0.558 e. The summed E-state index contributed by atoms with van der Waals surface area (Å²) in [5, 5.41) is 0. The highest BCUT2D eigenvalue weighted by Gasteiger charge is 2.40. The van der Waals surface area contributed by atoms with Gasteiger partial charge in [0.15, 0.2) is 17.4 Å². The minimum atomic E-state index is -3.75. The first-order chi connectivity index (χ1) is 13.3. The summed E-state index contributed by atoms with van der Waals surface area (Å²) in [5.74, 6) is -3.48. The number of benzene rings is 2. The quantitative estimate of drug-likeness (QED) is 0.391. The zero-order valence-corrected chi connectivity index (χ0v) is 16.1. The van der Waals surface area contributed by atoms with Crippen molar-refractivity contribution in [3.8, 4) is 11.5 Å². The Balaban J connectivity index is 0.00000420. The zero-order chi connectivity index (χ0) is 20.7. The molecular formula is C18H18Al2O9. The summed E-state index contributed by atoms with van der Waals surface area (Å²) in [6.07, 6.45) is 0. The van der Waals surface area contributed by atoms with Crippen LogP contribution in [0.1, 0.15) is 34.6 Å². The lowest BCUT2D eigenvalue weighted by molar-refractivity contribution is -0.132. The molecule has 0 amide bonds. The first-order valence-corrected chi connectivity index (χ1v) is 9.38. The van der Waals surface area contributed by atoms with Gasteiger partial charge in [-0.2, -0.15) is 0 Å². The van der Waals surface area contributed by atoms with Crippen LogP contribution in [-0.2, 0) is 17.2 Å². The second-order valence-corrected chi connectivity index (χ2v) is 6.38. The van der Waals surface area contributed by atoms with Crippen LogP contribution in [0.25, 0.3) is 0 Å². The van der Waals surface area contributed by atoms with Gasteiger partial charge < -0.3 is 21.2 Å². The van der Waals surface area contributed by atoms with Gasteiger partial charge in [0, 0.05) is 13.8 Å². The van der Waals surface area contributed by atoms with Gasteiger partial charge in [-0.3, -0.25) is 9.59 Å². The Labute approximate surface area is 181 Å². The van der Waals surface area contributed by atoms with Crippen LogP contribution >= 0.6 is 0 Å². The molecule has 2 rings (SSSR count). The summed E-state index contributed by atoms with van der Waals surface area (Å²) in [6, 6.07) is 11.4. The number of carbonyl (C=O) groups is 4. The van der Waals surface area contributed by atoms with E-state index in [0.717, 1.165) is 13.8 Å². The molecule has 0 heterocycles. The molecule has 0 aliphatic heterocycles. The lowest BCUT2D eigenvalue weighted by Gasteiger charge is -2.12. The Morgan fingerprint density at radius 2 is 1.07 bits per heavy atom. The number of hydrogen-bond donors (Lipinski definition) is 1. The number of hydrogen-bond acceptors (Lipinski definition) is 9. The molecule has 0 radical (unpaired) electrons. The van der Waals surface area contributed by atoms with Gasteiger partial charge in [-0.1, -0.05) is 24.3 Å². The minimum Gasteiger partial charge on any atom is -0.558 e. The van der Waals surface area contributed by atoms with Crippen molar-refractivity contribution in [3.63, 3.8) is 0 Å². The van der Waals surface area contributed by atoms with Gasteiger partial charge in [0.05, 0.1) is 11.1 Å². The maximum absolute atomic E-state index is 12.2. The lowest BCUT2D eigenvalue weighted by atomic mass is 10.2. The number of para-hydroxylation sites is 2. The van der Waals surface area contributed by atoms with E-state index in [2.05, 4.69) is 0 Å². The Bertz CT molecular complexity index is 840. The highest BCUT2D eigenvalue weighted by molar-refractivity contribution is 6.41. The third kappa shape index (κ3) is 7.35. The molecule has 2 aromatic rings. The van der Waals surface area contributed by atoms with Crippen LogP contribution in [0.15, 0.2) is 48.5 Å². The number of ether oxygens (including phenoxy) is 2. The first-order valence-electron chi connectivity index (χ1n) is 7.93. The average Bonchev–Trinajstić information content (AvgIpc) is 2.61. The van der Waals surface area contributed by atoms with Gasteiger partial charge in [-0.05, 0) is 24.3 Å². The maximum Gasteiger partial charge on any atom is 1.10 e. The topological polar surface area (TPSA) is 125 Å². The van der Waals surface area contributed by atoms with Gasteiger partial charge in [-0.25, -0.2) is 9.59 Å². The SMILES string of the molecule is CC(=O)Oc1ccccc1C(=O)[O][Al]([OH])[O]C(=O)c1ccccc1OC(C)=O.[AlH3]. The van der Waals surface area contributed by atoms with Crippen LogP contribution < -0.4 is 9.47 Å². The largest absolute Gasteiger partial charge is 1.10 e. The molecule has 0 unspecified atom stereocenters. The molecule has 0 saturated heterocycles. The molecule has 29 heavy (non-hydrogen) atoms. The van der Waals surface area contributed by atoms with Crippen LogP contribution in [-0.4, -0.2) is 60.5 Å². The highest BCUT2D eigenvalue weighted by Crippen LogP contribution is 2.21. The molecule has 11 heteroatoms. The van der Waals surface area contributed by atoms with Crippen molar-refractivity contribution in [1.82, 2.24) is 0 Å². The fourth-order valence-electron chi connectivity index (χ4n) is 2.09. The highest BCUT2D eigenvalue weighted by atomic mass is 27.2. The van der Waals surface area contributed by atoms with E-state index in [1.807, 2.05) is 0 Å². The molecule has 1 N–H and O–H groups in total. The van der Waals surface area contributed by atoms with E-state index in [0.29, 0.717) is 0 Å². The molecule has 2 aromatic carbocycles. The van der Waals surface area contributed by atoms with Crippen LogP contribution in [0.2, 0.25) is 0 Å². The molecule has 0 spiro atoms. The fraction of sp³-hybridized carbons (Fsp3) is 0.111.